The highest BCUT2D eigenvalue weighted by Crippen LogP contribution is 2.22. The van der Waals surface area contributed by atoms with Gasteiger partial charge in [-0.15, -0.1) is 0 Å². The Balaban J connectivity index is 2.23. The molecule has 1 aliphatic rings. The van der Waals surface area contributed by atoms with E-state index < -0.39 is 0 Å². The van der Waals surface area contributed by atoms with Gasteiger partial charge < -0.3 is 19.7 Å². The molecule has 0 saturated carbocycles. The van der Waals surface area contributed by atoms with Crippen LogP contribution < -0.4 is 19.7 Å². The number of nitrogens with one attached hydrogen (secondary N) is 1. The minimum absolute atomic E-state index is 0.314. The molecule has 1 saturated heterocycles. The Morgan fingerprint density at radius 2 is 1.95 bits per heavy atom. The van der Waals surface area contributed by atoms with Gasteiger partial charge in [0.25, 0.3) is 0 Å². The van der Waals surface area contributed by atoms with Gasteiger partial charge in [0.2, 0.25) is 17.7 Å². The van der Waals surface area contributed by atoms with E-state index in [2.05, 4.69) is 34.0 Å². The van der Waals surface area contributed by atoms with E-state index in [1.54, 1.807) is 20.3 Å². The summed E-state index contributed by atoms with van der Waals surface area (Å²) in [7, 11) is 3.20. The van der Waals surface area contributed by atoms with Crippen molar-refractivity contribution >= 4 is 5.95 Å². The molecule has 1 aromatic heterocycles. The van der Waals surface area contributed by atoms with Crippen molar-refractivity contribution in [2.24, 2.45) is 0 Å². The molecule has 1 unspecified atom stereocenters. The van der Waals surface area contributed by atoms with E-state index in [9.17, 15) is 0 Å². The summed E-state index contributed by atoms with van der Waals surface area (Å²) in [5, 5.41) is 3.51. The lowest BCUT2D eigenvalue weighted by molar-refractivity contribution is 0.370. The number of anilines is 1. The summed E-state index contributed by atoms with van der Waals surface area (Å²) in [5.74, 6) is 1.71. The van der Waals surface area contributed by atoms with Crippen molar-refractivity contribution in [3.05, 3.63) is 6.07 Å². The standard InChI is InChI=1S/C14H24N4O2/c1-10(2)18(9-11-6-5-7-15-11)14-16-12(19-3)8-13(17-14)20-4/h8,10-11,15H,5-7,9H2,1-4H3. The molecule has 0 spiro atoms. The topological polar surface area (TPSA) is 59.5 Å². The minimum Gasteiger partial charge on any atom is -0.481 e. The van der Waals surface area contributed by atoms with Crippen LogP contribution in [0.1, 0.15) is 26.7 Å². The molecule has 6 heteroatoms. The summed E-state index contributed by atoms with van der Waals surface area (Å²) in [6.45, 7) is 6.28. The van der Waals surface area contributed by atoms with Crippen molar-refractivity contribution in [2.45, 2.75) is 38.8 Å². The lowest BCUT2D eigenvalue weighted by Gasteiger charge is -2.29. The molecule has 1 aromatic rings. The highest BCUT2D eigenvalue weighted by Gasteiger charge is 2.22. The van der Waals surface area contributed by atoms with Crippen LogP contribution in [-0.2, 0) is 0 Å². The monoisotopic (exact) mass is 280 g/mol. The van der Waals surface area contributed by atoms with Gasteiger partial charge in [-0.25, -0.2) is 0 Å². The SMILES string of the molecule is COc1cc(OC)nc(N(CC2CCCN2)C(C)C)n1. The summed E-state index contributed by atoms with van der Waals surface area (Å²) in [5.41, 5.74) is 0. The number of aromatic nitrogens is 2. The first-order chi connectivity index (χ1) is 9.63. The van der Waals surface area contributed by atoms with Crippen molar-refractivity contribution in [1.82, 2.24) is 15.3 Å². The third-order valence-electron chi connectivity index (χ3n) is 3.55. The van der Waals surface area contributed by atoms with Gasteiger partial charge in [0.05, 0.1) is 20.3 Å². The molecule has 0 bridgehead atoms. The van der Waals surface area contributed by atoms with Gasteiger partial charge in [-0.1, -0.05) is 0 Å². The van der Waals surface area contributed by atoms with Gasteiger partial charge in [-0.2, -0.15) is 9.97 Å². The predicted molar refractivity (Wildman–Crippen MR) is 78.6 cm³/mol. The average Bonchev–Trinajstić information content (AvgIpc) is 2.96. The molecule has 20 heavy (non-hydrogen) atoms. The van der Waals surface area contributed by atoms with Crippen LogP contribution >= 0.6 is 0 Å². The zero-order valence-corrected chi connectivity index (χ0v) is 12.7. The molecule has 0 aliphatic carbocycles. The van der Waals surface area contributed by atoms with Crippen molar-refractivity contribution < 1.29 is 9.47 Å². The molecule has 0 radical (unpaired) electrons. The zero-order valence-electron chi connectivity index (χ0n) is 12.7. The van der Waals surface area contributed by atoms with Gasteiger partial charge in [0.15, 0.2) is 0 Å². The highest BCUT2D eigenvalue weighted by atomic mass is 16.5. The lowest BCUT2D eigenvalue weighted by Crippen LogP contribution is -2.42. The Morgan fingerprint density at radius 1 is 1.30 bits per heavy atom. The Morgan fingerprint density at radius 3 is 2.40 bits per heavy atom. The maximum Gasteiger partial charge on any atom is 0.232 e. The maximum atomic E-state index is 5.22. The smallest absolute Gasteiger partial charge is 0.232 e. The largest absolute Gasteiger partial charge is 0.481 e. The van der Waals surface area contributed by atoms with E-state index in [1.807, 2.05) is 0 Å². The summed E-state index contributed by atoms with van der Waals surface area (Å²) in [4.78, 5) is 11.1. The average molecular weight is 280 g/mol. The zero-order chi connectivity index (χ0) is 14.5. The second-order valence-corrected chi connectivity index (χ2v) is 5.29. The molecule has 2 heterocycles. The molecule has 0 aromatic carbocycles. The molecule has 1 atom stereocenters. The van der Waals surface area contributed by atoms with Crippen molar-refractivity contribution in [2.75, 3.05) is 32.2 Å². The third kappa shape index (κ3) is 3.50. The lowest BCUT2D eigenvalue weighted by atomic mass is 10.2. The van der Waals surface area contributed by atoms with Crippen molar-refractivity contribution in [1.29, 1.82) is 0 Å². The van der Waals surface area contributed by atoms with E-state index in [0.717, 1.165) is 13.1 Å². The van der Waals surface area contributed by atoms with E-state index in [-0.39, 0.29) is 0 Å². The third-order valence-corrected chi connectivity index (χ3v) is 3.55. The summed E-state index contributed by atoms with van der Waals surface area (Å²) in [6, 6.07) is 2.50. The van der Waals surface area contributed by atoms with Gasteiger partial charge in [0.1, 0.15) is 0 Å². The van der Waals surface area contributed by atoms with Gasteiger partial charge in [-0.3, -0.25) is 0 Å². The summed E-state index contributed by atoms with van der Waals surface area (Å²) in [6.07, 6.45) is 2.43. The van der Waals surface area contributed by atoms with Gasteiger partial charge in [0, 0.05) is 18.6 Å². The number of rotatable bonds is 6. The second kappa shape index (κ2) is 6.74. The molecule has 1 fully saturated rings. The van der Waals surface area contributed by atoms with Crippen molar-refractivity contribution in [3.63, 3.8) is 0 Å². The summed E-state index contributed by atoms with van der Waals surface area (Å²) < 4.78 is 10.4. The van der Waals surface area contributed by atoms with E-state index in [4.69, 9.17) is 9.47 Å². The fraction of sp³-hybridized carbons (Fsp3) is 0.714. The van der Waals surface area contributed by atoms with Crippen molar-refractivity contribution in [3.8, 4) is 11.8 Å². The molecular weight excluding hydrogens is 256 g/mol. The van der Waals surface area contributed by atoms with Gasteiger partial charge in [-0.05, 0) is 33.2 Å². The van der Waals surface area contributed by atoms with Crippen LogP contribution in [0.2, 0.25) is 0 Å². The van der Waals surface area contributed by atoms with E-state index in [0.29, 0.717) is 29.8 Å². The van der Waals surface area contributed by atoms with Crippen LogP contribution in [0.25, 0.3) is 0 Å². The minimum atomic E-state index is 0.314. The fourth-order valence-electron chi connectivity index (χ4n) is 2.40. The van der Waals surface area contributed by atoms with Crippen LogP contribution in [-0.4, -0.2) is 49.4 Å². The first-order valence-corrected chi connectivity index (χ1v) is 7.11. The number of nitrogens with zero attached hydrogens (tertiary/aromatic N) is 3. The predicted octanol–water partition coefficient (Wildman–Crippen LogP) is 1.46. The number of ether oxygens (including phenoxy) is 2. The number of methoxy groups -OCH3 is 2. The van der Waals surface area contributed by atoms with E-state index in [1.165, 1.54) is 12.8 Å². The van der Waals surface area contributed by atoms with Crippen LogP contribution in [0.4, 0.5) is 5.95 Å². The quantitative estimate of drug-likeness (QED) is 0.851. The molecule has 112 valence electrons. The number of hydrogen-bond donors (Lipinski definition) is 1. The Hall–Kier alpha value is -1.56. The normalized spacial score (nSPS) is 18.4. The molecule has 6 nitrogen and oxygen atoms in total. The molecule has 2 rings (SSSR count). The second-order valence-electron chi connectivity index (χ2n) is 5.29. The fourth-order valence-corrected chi connectivity index (χ4v) is 2.40. The first-order valence-electron chi connectivity index (χ1n) is 7.11. The first kappa shape index (κ1) is 14.8. The Bertz CT molecular complexity index is 411. The Kier molecular flexibility index (Phi) is 5.00. The number of hydrogen-bond acceptors (Lipinski definition) is 6. The maximum absolute atomic E-state index is 5.22. The van der Waals surface area contributed by atoms with Crippen LogP contribution in [0.3, 0.4) is 0 Å². The summed E-state index contributed by atoms with van der Waals surface area (Å²) >= 11 is 0. The highest BCUT2D eigenvalue weighted by molar-refractivity contribution is 5.38. The van der Waals surface area contributed by atoms with Gasteiger partial charge >= 0.3 is 0 Å². The molecule has 1 N–H and O–H groups in total. The molecule has 0 amide bonds. The van der Waals surface area contributed by atoms with Crippen LogP contribution in [0.15, 0.2) is 6.07 Å². The molecular formula is C14H24N4O2. The Labute approximate surface area is 120 Å². The van der Waals surface area contributed by atoms with E-state index >= 15 is 0 Å². The van der Waals surface area contributed by atoms with Crippen LogP contribution in [0, 0.1) is 0 Å². The van der Waals surface area contributed by atoms with Crippen LogP contribution in [0.5, 0.6) is 11.8 Å². The molecule has 1 aliphatic heterocycles.